The first-order valence-corrected chi connectivity index (χ1v) is 6.48. The van der Waals surface area contributed by atoms with Crippen LogP contribution in [-0.4, -0.2) is 47.8 Å². The Labute approximate surface area is 120 Å². The fourth-order valence-corrected chi connectivity index (χ4v) is 2.79. The van der Waals surface area contributed by atoms with Gasteiger partial charge in [-0.3, -0.25) is 14.4 Å². The van der Waals surface area contributed by atoms with Crippen molar-refractivity contribution in [3.05, 3.63) is 0 Å². The first-order chi connectivity index (χ1) is 9.73. The van der Waals surface area contributed by atoms with Crippen LogP contribution in [-0.2, 0) is 38.1 Å². The Morgan fingerprint density at radius 2 is 1.67 bits per heavy atom. The minimum Gasteiger partial charge on any atom is -0.458 e. The largest absolute Gasteiger partial charge is 0.458 e. The van der Waals surface area contributed by atoms with Crippen LogP contribution in [0.15, 0.2) is 0 Å². The zero-order chi connectivity index (χ0) is 15.8. The summed E-state index contributed by atoms with van der Waals surface area (Å²) in [6.07, 6.45) is -2.64. The third-order valence-corrected chi connectivity index (χ3v) is 3.38. The van der Waals surface area contributed by atoms with E-state index in [0.29, 0.717) is 0 Å². The van der Waals surface area contributed by atoms with E-state index in [1.807, 2.05) is 0 Å². The summed E-state index contributed by atoms with van der Waals surface area (Å²) in [7, 11) is 0. The van der Waals surface area contributed by atoms with Gasteiger partial charge in [0.1, 0.15) is 12.2 Å². The number of rotatable bonds is 3. The van der Waals surface area contributed by atoms with Crippen molar-refractivity contribution < 1.29 is 38.1 Å². The van der Waals surface area contributed by atoms with E-state index >= 15 is 0 Å². The maximum Gasteiger partial charge on any atom is 0.351 e. The number of carbonyl (C=O) groups is 4. The second-order valence-electron chi connectivity index (χ2n) is 5.16. The highest BCUT2D eigenvalue weighted by atomic mass is 16.6. The van der Waals surface area contributed by atoms with Gasteiger partial charge in [-0.05, 0) is 0 Å². The molecule has 0 amide bonds. The highest BCUT2D eigenvalue weighted by Gasteiger charge is 2.63. The highest BCUT2D eigenvalue weighted by Crippen LogP contribution is 2.43. The summed E-state index contributed by atoms with van der Waals surface area (Å²) >= 11 is 0. The van der Waals surface area contributed by atoms with Crippen molar-refractivity contribution in [2.75, 3.05) is 0 Å². The minimum atomic E-state index is -1.48. The maximum absolute atomic E-state index is 12.0. The lowest BCUT2D eigenvalue weighted by molar-refractivity contribution is -0.187. The van der Waals surface area contributed by atoms with Crippen LogP contribution in [0, 0.1) is 0 Å². The van der Waals surface area contributed by atoms with Gasteiger partial charge in [0.15, 0.2) is 6.10 Å². The average molecular weight is 300 g/mol. The summed E-state index contributed by atoms with van der Waals surface area (Å²) in [5, 5.41) is 0. The van der Waals surface area contributed by atoms with Gasteiger partial charge in [0.2, 0.25) is 5.60 Å². The van der Waals surface area contributed by atoms with Crippen molar-refractivity contribution in [1.82, 2.24) is 0 Å². The van der Waals surface area contributed by atoms with Crippen molar-refractivity contribution in [3.63, 3.8) is 0 Å². The molecule has 0 N–H and O–H groups in total. The van der Waals surface area contributed by atoms with Crippen molar-refractivity contribution in [1.29, 1.82) is 0 Å². The van der Waals surface area contributed by atoms with Gasteiger partial charge in [0.05, 0.1) is 0 Å². The molecule has 0 aromatic rings. The third kappa shape index (κ3) is 2.98. The maximum atomic E-state index is 12.0. The third-order valence-electron chi connectivity index (χ3n) is 3.38. The molecular weight excluding hydrogens is 284 g/mol. The molecule has 4 atom stereocenters. The molecule has 0 unspecified atom stereocenters. The van der Waals surface area contributed by atoms with E-state index < -0.39 is 47.8 Å². The molecule has 1 saturated heterocycles. The van der Waals surface area contributed by atoms with E-state index in [1.54, 1.807) is 0 Å². The van der Waals surface area contributed by atoms with Crippen molar-refractivity contribution in [2.24, 2.45) is 0 Å². The molecule has 2 aliphatic rings. The van der Waals surface area contributed by atoms with Gasteiger partial charge < -0.3 is 18.9 Å². The van der Waals surface area contributed by atoms with Gasteiger partial charge in [-0.15, -0.1) is 0 Å². The second kappa shape index (κ2) is 5.34. The Balaban J connectivity index is 2.28. The predicted molar refractivity (Wildman–Crippen MR) is 64.7 cm³/mol. The van der Waals surface area contributed by atoms with Crippen LogP contribution < -0.4 is 0 Å². The molecule has 0 aromatic carbocycles. The molecular formula is C13H16O8. The van der Waals surface area contributed by atoms with Gasteiger partial charge in [-0.2, -0.15) is 0 Å². The molecule has 8 nitrogen and oxygen atoms in total. The van der Waals surface area contributed by atoms with E-state index in [-0.39, 0.29) is 12.8 Å². The standard InChI is InChI=1S/C13H16O8/c1-6(14)18-9-4-13(21-8(3)16)5-10(20-12(13)17)11(9)19-7(2)15/h9-11H,4-5H2,1-3H3/t9-,10-,11-,13+/m0/s1. The van der Waals surface area contributed by atoms with Crippen LogP contribution in [0.2, 0.25) is 0 Å². The number of fused-ring (bicyclic) bond motifs is 2. The fraction of sp³-hybridized carbons (Fsp3) is 0.692. The van der Waals surface area contributed by atoms with Crippen molar-refractivity contribution in [2.45, 2.75) is 57.5 Å². The van der Waals surface area contributed by atoms with Crippen LogP contribution in [0.5, 0.6) is 0 Å². The molecule has 1 heterocycles. The summed E-state index contributed by atoms with van der Waals surface area (Å²) in [6, 6.07) is 0. The van der Waals surface area contributed by atoms with Crippen molar-refractivity contribution in [3.8, 4) is 0 Å². The Morgan fingerprint density at radius 3 is 2.19 bits per heavy atom. The lowest BCUT2D eigenvalue weighted by Crippen LogP contribution is -2.53. The molecule has 116 valence electrons. The van der Waals surface area contributed by atoms with E-state index in [1.165, 1.54) is 20.8 Å². The number of esters is 4. The van der Waals surface area contributed by atoms with Crippen molar-refractivity contribution >= 4 is 23.9 Å². The molecule has 21 heavy (non-hydrogen) atoms. The number of carbonyl (C=O) groups excluding carboxylic acids is 4. The normalized spacial score (nSPS) is 33.9. The topological polar surface area (TPSA) is 105 Å². The van der Waals surface area contributed by atoms with E-state index in [2.05, 4.69) is 0 Å². The van der Waals surface area contributed by atoms with Gasteiger partial charge in [0.25, 0.3) is 0 Å². The Hall–Kier alpha value is -2.12. The molecule has 0 aromatic heterocycles. The minimum absolute atomic E-state index is 0.0706. The molecule has 1 aliphatic carbocycles. The van der Waals surface area contributed by atoms with Gasteiger partial charge in [-0.1, -0.05) is 0 Å². The molecule has 1 aliphatic heterocycles. The lowest BCUT2D eigenvalue weighted by Gasteiger charge is -2.36. The monoisotopic (exact) mass is 300 g/mol. The first-order valence-electron chi connectivity index (χ1n) is 6.48. The van der Waals surface area contributed by atoms with Crippen LogP contribution >= 0.6 is 0 Å². The summed E-state index contributed by atoms with van der Waals surface area (Å²) in [5.74, 6) is -2.53. The Kier molecular flexibility index (Phi) is 3.89. The van der Waals surface area contributed by atoms with E-state index in [4.69, 9.17) is 18.9 Å². The molecule has 2 rings (SSSR count). The second-order valence-corrected chi connectivity index (χ2v) is 5.16. The molecule has 1 saturated carbocycles. The number of ether oxygens (including phenoxy) is 4. The quantitative estimate of drug-likeness (QED) is 0.524. The molecule has 8 heteroatoms. The molecule has 0 spiro atoms. The molecule has 2 bridgehead atoms. The molecule has 0 radical (unpaired) electrons. The zero-order valence-electron chi connectivity index (χ0n) is 11.9. The highest BCUT2D eigenvalue weighted by molar-refractivity contribution is 5.85. The number of hydrogen-bond donors (Lipinski definition) is 0. The molecule has 2 fully saturated rings. The summed E-state index contributed by atoms with van der Waals surface area (Å²) in [4.78, 5) is 45.6. The van der Waals surface area contributed by atoms with E-state index in [0.717, 1.165) is 0 Å². The van der Waals surface area contributed by atoms with Gasteiger partial charge >= 0.3 is 23.9 Å². The Morgan fingerprint density at radius 1 is 1.05 bits per heavy atom. The Bertz CT molecular complexity index is 498. The first kappa shape index (κ1) is 15.3. The van der Waals surface area contributed by atoms with Gasteiger partial charge in [0, 0.05) is 33.6 Å². The van der Waals surface area contributed by atoms with E-state index in [9.17, 15) is 19.2 Å². The summed E-state index contributed by atoms with van der Waals surface area (Å²) in [6.45, 7) is 3.58. The van der Waals surface area contributed by atoms with Crippen LogP contribution in [0.1, 0.15) is 33.6 Å². The van der Waals surface area contributed by atoms with Gasteiger partial charge in [-0.25, -0.2) is 4.79 Å². The fourth-order valence-electron chi connectivity index (χ4n) is 2.79. The lowest BCUT2D eigenvalue weighted by atomic mass is 9.81. The average Bonchev–Trinajstić information content (AvgIpc) is 2.56. The van der Waals surface area contributed by atoms with Crippen LogP contribution in [0.25, 0.3) is 0 Å². The summed E-state index contributed by atoms with van der Waals surface area (Å²) in [5.41, 5.74) is -1.48. The SMILES string of the molecule is CC(=O)O[C@H]1[C@@H](OC(C)=O)C[C@@]2(OC(C)=O)C[C@@H]1OC2=O. The zero-order valence-corrected chi connectivity index (χ0v) is 11.9. The summed E-state index contributed by atoms with van der Waals surface area (Å²) < 4.78 is 20.4. The number of hydrogen-bond acceptors (Lipinski definition) is 8. The predicted octanol–water partition coefficient (Wildman–Crippen LogP) is -0.129. The smallest absolute Gasteiger partial charge is 0.351 e. The van der Waals surface area contributed by atoms with Crippen LogP contribution in [0.4, 0.5) is 0 Å². The van der Waals surface area contributed by atoms with Crippen LogP contribution in [0.3, 0.4) is 0 Å².